The monoisotopic (exact) mass is 333 g/mol. The van der Waals surface area contributed by atoms with Gasteiger partial charge in [0.25, 0.3) is 0 Å². The number of carbonyl (C=O) groups excluding carboxylic acids is 1. The summed E-state index contributed by atoms with van der Waals surface area (Å²) in [4.78, 5) is 12.0. The van der Waals surface area contributed by atoms with Gasteiger partial charge in [-0.05, 0) is 24.6 Å². The summed E-state index contributed by atoms with van der Waals surface area (Å²) in [6, 6.07) is 12.8. The van der Waals surface area contributed by atoms with Crippen LogP contribution >= 0.6 is 11.8 Å². The van der Waals surface area contributed by atoms with Gasteiger partial charge >= 0.3 is 0 Å². The average molecular weight is 333 g/mol. The minimum absolute atomic E-state index is 0.137. The summed E-state index contributed by atoms with van der Waals surface area (Å²) in [5.41, 5.74) is 0.953. The van der Waals surface area contributed by atoms with Crippen molar-refractivity contribution in [3.05, 3.63) is 71.8 Å². The molecule has 0 heterocycles. The highest BCUT2D eigenvalue weighted by Gasteiger charge is 2.15. The molecule has 2 aromatic carbocycles. The maximum atomic E-state index is 13.5. The highest BCUT2D eigenvalue weighted by atomic mass is 32.2. The van der Waals surface area contributed by atoms with Crippen LogP contribution in [0.25, 0.3) is 6.08 Å². The van der Waals surface area contributed by atoms with Gasteiger partial charge in [-0.25, -0.2) is 8.78 Å². The Morgan fingerprint density at radius 3 is 2.70 bits per heavy atom. The largest absolute Gasteiger partial charge is 0.323 e. The predicted molar refractivity (Wildman–Crippen MR) is 92.4 cm³/mol. The van der Waals surface area contributed by atoms with Crippen molar-refractivity contribution in [3.63, 3.8) is 0 Å². The van der Waals surface area contributed by atoms with E-state index in [-0.39, 0.29) is 16.8 Å². The molecular formula is C18H17F2NOS. The van der Waals surface area contributed by atoms with E-state index in [9.17, 15) is 13.6 Å². The molecule has 2 nitrogen and oxygen atoms in total. The fourth-order valence-corrected chi connectivity index (χ4v) is 2.56. The number of amides is 1. The minimum Gasteiger partial charge on any atom is -0.323 e. The lowest BCUT2D eigenvalue weighted by atomic mass is 10.2. The molecule has 1 N–H and O–H groups in total. The molecule has 0 saturated heterocycles. The molecule has 23 heavy (non-hydrogen) atoms. The first-order chi connectivity index (χ1) is 11.1. The van der Waals surface area contributed by atoms with Gasteiger partial charge in [0.1, 0.15) is 11.6 Å². The van der Waals surface area contributed by atoms with E-state index in [0.717, 1.165) is 23.8 Å². The van der Waals surface area contributed by atoms with Crippen molar-refractivity contribution in [2.45, 2.75) is 12.2 Å². The molecule has 0 aliphatic heterocycles. The normalized spacial score (nSPS) is 12.3. The summed E-state index contributed by atoms with van der Waals surface area (Å²) in [7, 11) is 0. The van der Waals surface area contributed by atoms with Gasteiger partial charge in [0.15, 0.2) is 0 Å². The molecule has 5 heteroatoms. The first-order valence-electron chi connectivity index (χ1n) is 7.15. The lowest BCUT2D eigenvalue weighted by Crippen LogP contribution is -2.23. The number of anilines is 1. The lowest BCUT2D eigenvalue weighted by Gasteiger charge is -2.11. The van der Waals surface area contributed by atoms with E-state index in [2.05, 4.69) is 5.32 Å². The van der Waals surface area contributed by atoms with Crippen molar-refractivity contribution in [2.24, 2.45) is 0 Å². The SMILES string of the molecule is C[C@@H](SC/C=C\c1ccccc1)C(=O)Nc1cc(F)ccc1F. The van der Waals surface area contributed by atoms with Gasteiger partial charge in [-0.15, -0.1) is 11.8 Å². The highest BCUT2D eigenvalue weighted by Crippen LogP contribution is 2.18. The molecule has 0 radical (unpaired) electrons. The molecule has 2 aromatic rings. The van der Waals surface area contributed by atoms with Crippen LogP contribution in [0.3, 0.4) is 0 Å². The van der Waals surface area contributed by atoms with Crippen LogP contribution < -0.4 is 5.32 Å². The van der Waals surface area contributed by atoms with Gasteiger partial charge < -0.3 is 5.32 Å². The van der Waals surface area contributed by atoms with Crippen LogP contribution in [0, 0.1) is 11.6 Å². The molecular weight excluding hydrogens is 316 g/mol. The molecule has 0 bridgehead atoms. The average Bonchev–Trinajstić information content (AvgIpc) is 2.55. The van der Waals surface area contributed by atoms with Crippen molar-refractivity contribution in [1.82, 2.24) is 0 Å². The number of benzene rings is 2. The van der Waals surface area contributed by atoms with Crippen molar-refractivity contribution in [2.75, 3.05) is 11.1 Å². The van der Waals surface area contributed by atoms with Gasteiger partial charge in [-0.2, -0.15) is 0 Å². The quantitative estimate of drug-likeness (QED) is 0.827. The van der Waals surface area contributed by atoms with Crippen LogP contribution in [0.1, 0.15) is 12.5 Å². The van der Waals surface area contributed by atoms with Crippen LogP contribution in [0.5, 0.6) is 0 Å². The summed E-state index contributed by atoms with van der Waals surface area (Å²) in [5, 5.41) is 2.03. The zero-order valence-corrected chi connectivity index (χ0v) is 13.4. The molecule has 2 rings (SSSR count). The third-order valence-electron chi connectivity index (χ3n) is 3.11. The Balaban J connectivity index is 1.83. The maximum absolute atomic E-state index is 13.5. The standard InChI is InChI=1S/C18H17F2NOS/c1-13(23-11-5-8-14-6-3-2-4-7-14)18(22)21-17-12-15(19)9-10-16(17)20/h2-10,12-13H,11H2,1H3,(H,21,22)/b8-5-/t13-/m1/s1. The molecule has 1 amide bonds. The smallest absolute Gasteiger partial charge is 0.237 e. The van der Waals surface area contributed by atoms with E-state index in [0.29, 0.717) is 5.75 Å². The summed E-state index contributed by atoms with van der Waals surface area (Å²) >= 11 is 1.42. The van der Waals surface area contributed by atoms with E-state index in [4.69, 9.17) is 0 Å². The van der Waals surface area contributed by atoms with E-state index in [1.54, 1.807) is 6.92 Å². The van der Waals surface area contributed by atoms with Crippen LogP contribution in [0.4, 0.5) is 14.5 Å². The number of hydrogen-bond donors (Lipinski definition) is 1. The second kappa shape index (κ2) is 8.48. The van der Waals surface area contributed by atoms with Crippen molar-refractivity contribution >= 4 is 29.4 Å². The van der Waals surface area contributed by atoms with Crippen molar-refractivity contribution < 1.29 is 13.6 Å². The van der Waals surface area contributed by atoms with E-state index < -0.39 is 11.6 Å². The predicted octanol–water partition coefficient (Wildman–Crippen LogP) is 4.74. The first-order valence-corrected chi connectivity index (χ1v) is 8.20. The van der Waals surface area contributed by atoms with Crippen LogP contribution in [-0.2, 0) is 4.79 Å². The molecule has 0 aliphatic carbocycles. The Bertz CT molecular complexity index is 689. The Morgan fingerprint density at radius 1 is 1.22 bits per heavy atom. The summed E-state index contributed by atoms with van der Waals surface area (Å²) in [6.07, 6.45) is 3.94. The van der Waals surface area contributed by atoms with Gasteiger partial charge in [0.05, 0.1) is 10.9 Å². The van der Waals surface area contributed by atoms with Crippen molar-refractivity contribution in [3.8, 4) is 0 Å². The molecule has 0 unspecified atom stereocenters. The second-order valence-electron chi connectivity index (χ2n) is 4.90. The molecule has 0 saturated carbocycles. The topological polar surface area (TPSA) is 29.1 Å². The van der Waals surface area contributed by atoms with Gasteiger partial charge in [-0.3, -0.25) is 4.79 Å². The number of nitrogens with one attached hydrogen (secondary N) is 1. The molecule has 0 fully saturated rings. The number of thioether (sulfide) groups is 1. The maximum Gasteiger partial charge on any atom is 0.237 e. The molecule has 0 aromatic heterocycles. The number of hydrogen-bond acceptors (Lipinski definition) is 2. The van der Waals surface area contributed by atoms with Gasteiger partial charge in [0, 0.05) is 11.8 Å². The second-order valence-corrected chi connectivity index (χ2v) is 6.28. The third kappa shape index (κ3) is 5.53. The Labute approximate surface area is 138 Å². The fraction of sp³-hybridized carbons (Fsp3) is 0.167. The Kier molecular flexibility index (Phi) is 6.35. The summed E-state index contributed by atoms with van der Waals surface area (Å²) < 4.78 is 26.6. The van der Waals surface area contributed by atoms with Gasteiger partial charge in [-0.1, -0.05) is 42.5 Å². The summed E-state index contributed by atoms with van der Waals surface area (Å²) in [5.74, 6) is -0.948. The molecule has 1 atom stereocenters. The van der Waals surface area contributed by atoms with E-state index >= 15 is 0 Å². The third-order valence-corrected chi connectivity index (χ3v) is 4.21. The fourth-order valence-electron chi connectivity index (χ4n) is 1.85. The summed E-state index contributed by atoms with van der Waals surface area (Å²) in [6.45, 7) is 1.73. The molecule has 120 valence electrons. The van der Waals surface area contributed by atoms with Gasteiger partial charge in [0.2, 0.25) is 5.91 Å². The first kappa shape index (κ1) is 17.2. The minimum atomic E-state index is -0.652. The van der Waals surface area contributed by atoms with Crippen LogP contribution in [-0.4, -0.2) is 16.9 Å². The molecule has 0 spiro atoms. The van der Waals surface area contributed by atoms with Crippen LogP contribution in [0.2, 0.25) is 0 Å². The van der Waals surface area contributed by atoms with Crippen molar-refractivity contribution in [1.29, 1.82) is 0 Å². The zero-order valence-electron chi connectivity index (χ0n) is 12.6. The number of carbonyl (C=O) groups is 1. The Hall–Kier alpha value is -2.14. The van der Waals surface area contributed by atoms with Crippen LogP contribution in [0.15, 0.2) is 54.6 Å². The number of halogens is 2. The molecule has 0 aliphatic rings. The zero-order chi connectivity index (χ0) is 16.7. The van der Waals surface area contributed by atoms with E-state index in [1.165, 1.54) is 11.8 Å². The Morgan fingerprint density at radius 2 is 1.96 bits per heavy atom. The number of rotatable bonds is 6. The highest BCUT2D eigenvalue weighted by molar-refractivity contribution is 8.00. The van der Waals surface area contributed by atoms with E-state index in [1.807, 2.05) is 42.5 Å². The lowest BCUT2D eigenvalue weighted by molar-refractivity contribution is -0.115.